The first-order chi connectivity index (χ1) is 6.36. The van der Waals surface area contributed by atoms with E-state index in [9.17, 15) is 5.11 Å². The number of hydrogen-bond acceptors (Lipinski definition) is 3. The number of benzene rings is 1. The lowest BCUT2D eigenvalue weighted by Gasteiger charge is -2.11. The first-order valence-corrected chi connectivity index (χ1v) is 5.25. The highest BCUT2D eigenvalue weighted by Gasteiger charge is 2.26. The number of aliphatic hydroxyl groups excluding tert-OH is 1. The van der Waals surface area contributed by atoms with Crippen molar-refractivity contribution in [1.82, 2.24) is 0 Å². The number of aliphatic hydroxyl groups is 1. The molecule has 0 aliphatic carbocycles. The lowest BCUT2D eigenvalue weighted by Crippen LogP contribution is -2.16. The summed E-state index contributed by atoms with van der Waals surface area (Å²) in [6, 6.07) is 10.1. The first-order valence-electron chi connectivity index (χ1n) is 4.37. The quantitative estimate of drug-likeness (QED) is 0.783. The number of hydrogen-bond donors (Lipinski definition) is 1. The predicted octanol–water partition coefficient (Wildman–Crippen LogP) is 1.89. The summed E-state index contributed by atoms with van der Waals surface area (Å²) in [6.07, 6.45) is 0.339. The zero-order chi connectivity index (χ0) is 9.10. The molecule has 2 atom stereocenters. The maximum atomic E-state index is 9.41. The molecule has 70 valence electrons. The number of ether oxygens (including phenoxy) is 1. The summed E-state index contributed by atoms with van der Waals surface area (Å²) in [7, 11) is 0. The first kappa shape index (κ1) is 9.06. The SMILES string of the molecule is O[C@@H]1OCC[C@H]1Sc1ccccc1. The van der Waals surface area contributed by atoms with Crippen molar-refractivity contribution >= 4 is 11.8 Å². The molecule has 0 radical (unpaired) electrons. The molecular formula is C10H12O2S. The molecule has 1 aliphatic rings. The van der Waals surface area contributed by atoms with Crippen LogP contribution in [0.5, 0.6) is 0 Å². The molecule has 0 saturated carbocycles. The van der Waals surface area contributed by atoms with E-state index in [4.69, 9.17) is 4.74 Å². The molecule has 0 unspecified atom stereocenters. The summed E-state index contributed by atoms with van der Waals surface area (Å²) < 4.78 is 5.07. The summed E-state index contributed by atoms with van der Waals surface area (Å²) in [5.74, 6) is 0. The van der Waals surface area contributed by atoms with Crippen molar-refractivity contribution < 1.29 is 9.84 Å². The van der Waals surface area contributed by atoms with Gasteiger partial charge in [0.05, 0.1) is 11.9 Å². The van der Waals surface area contributed by atoms with Gasteiger partial charge in [0, 0.05) is 4.90 Å². The van der Waals surface area contributed by atoms with E-state index in [1.165, 1.54) is 4.90 Å². The fraction of sp³-hybridized carbons (Fsp3) is 0.400. The van der Waals surface area contributed by atoms with E-state index in [1.807, 2.05) is 18.2 Å². The van der Waals surface area contributed by atoms with Crippen LogP contribution in [0, 0.1) is 0 Å². The van der Waals surface area contributed by atoms with Gasteiger partial charge in [0.25, 0.3) is 0 Å². The van der Waals surface area contributed by atoms with E-state index in [0.717, 1.165) is 6.42 Å². The second-order valence-corrected chi connectivity index (χ2v) is 4.33. The van der Waals surface area contributed by atoms with Gasteiger partial charge in [-0.15, -0.1) is 11.8 Å². The molecular weight excluding hydrogens is 184 g/mol. The van der Waals surface area contributed by atoms with Crippen LogP contribution in [-0.2, 0) is 4.74 Å². The maximum absolute atomic E-state index is 9.41. The van der Waals surface area contributed by atoms with Gasteiger partial charge in [-0.2, -0.15) is 0 Å². The molecule has 0 aromatic heterocycles. The summed E-state index contributed by atoms with van der Waals surface area (Å²) in [4.78, 5) is 1.19. The average Bonchev–Trinajstić information content (AvgIpc) is 2.54. The molecule has 0 amide bonds. The molecule has 0 bridgehead atoms. The average molecular weight is 196 g/mol. The van der Waals surface area contributed by atoms with Crippen LogP contribution in [-0.4, -0.2) is 23.3 Å². The molecule has 2 rings (SSSR count). The van der Waals surface area contributed by atoms with Gasteiger partial charge >= 0.3 is 0 Å². The van der Waals surface area contributed by atoms with Crippen LogP contribution in [0.1, 0.15) is 6.42 Å². The van der Waals surface area contributed by atoms with E-state index < -0.39 is 6.29 Å². The second-order valence-electron chi connectivity index (χ2n) is 3.02. The highest BCUT2D eigenvalue weighted by atomic mass is 32.2. The van der Waals surface area contributed by atoms with Crippen LogP contribution < -0.4 is 0 Å². The molecule has 1 aromatic rings. The van der Waals surface area contributed by atoms with Crippen LogP contribution in [0.15, 0.2) is 35.2 Å². The minimum absolute atomic E-state index is 0.197. The Morgan fingerprint density at radius 3 is 2.69 bits per heavy atom. The lowest BCUT2D eigenvalue weighted by molar-refractivity contribution is -0.0561. The van der Waals surface area contributed by atoms with Crippen molar-refractivity contribution in [3.8, 4) is 0 Å². The lowest BCUT2D eigenvalue weighted by atomic mass is 10.3. The third-order valence-electron chi connectivity index (χ3n) is 2.04. The largest absolute Gasteiger partial charge is 0.367 e. The Kier molecular flexibility index (Phi) is 2.88. The highest BCUT2D eigenvalue weighted by Crippen LogP contribution is 2.31. The zero-order valence-corrected chi connectivity index (χ0v) is 8.04. The second kappa shape index (κ2) is 4.13. The number of rotatable bonds is 2. The van der Waals surface area contributed by atoms with Crippen LogP contribution >= 0.6 is 11.8 Å². The molecule has 0 spiro atoms. The Morgan fingerprint density at radius 1 is 1.31 bits per heavy atom. The Hall–Kier alpha value is -0.510. The number of thioether (sulfide) groups is 1. The zero-order valence-electron chi connectivity index (χ0n) is 7.22. The van der Waals surface area contributed by atoms with E-state index >= 15 is 0 Å². The van der Waals surface area contributed by atoms with Gasteiger partial charge in [0.2, 0.25) is 0 Å². The van der Waals surface area contributed by atoms with E-state index in [2.05, 4.69) is 12.1 Å². The van der Waals surface area contributed by atoms with Gasteiger partial charge in [0.1, 0.15) is 0 Å². The normalized spacial score (nSPS) is 27.8. The predicted molar refractivity (Wildman–Crippen MR) is 52.7 cm³/mol. The van der Waals surface area contributed by atoms with Crippen molar-refractivity contribution in [2.45, 2.75) is 22.9 Å². The fourth-order valence-corrected chi connectivity index (χ4v) is 2.42. The third kappa shape index (κ3) is 2.24. The van der Waals surface area contributed by atoms with Crippen LogP contribution in [0.25, 0.3) is 0 Å². The van der Waals surface area contributed by atoms with Gasteiger partial charge < -0.3 is 9.84 Å². The van der Waals surface area contributed by atoms with Gasteiger partial charge in [-0.25, -0.2) is 0 Å². The van der Waals surface area contributed by atoms with Gasteiger partial charge in [-0.1, -0.05) is 18.2 Å². The topological polar surface area (TPSA) is 29.5 Å². The van der Waals surface area contributed by atoms with Crippen molar-refractivity contribution in [3.05, 3.63) is 30.3 Å². The Balaban J connectivity index is 1.98. The smallest absolute Gasteiger partial charge is 0.166 e. The minimum Gasteiger partial charge on any atom is -0.367 e. The van der Waals surface area contributed by atoms with Crippen molar-refractivity contribution in [2.24, 2.45) is 0 Å². The van der Waals surface area contributed by atoms with Crippen LogP contribution in [0.2, 0.25) is 0 Å². The summed E-state index contributed by atoms with van der Waals surface area (Å²) in [5.41, 5.74) is 0. The maximum Gasteiger partial charge on any atom is 0.166 e. The Bertz CT molecular complexity index is 263. The molecule has 3 heteroatoms. The van der Waals surface area contributed by atoms with Crippen molar-refractivity contribution in [2.75, 3.05) is 6.61 Å². The molecule has 1 aliphatic heterocycles. The van der Waals surface area contributed by atoms with Crippen LogP contribution in [0.3, 0.4) is 0 Å². The van der Waals surface area contributed by atoms with Crippen LogP contribution in [0.4, 0.5) is 0 Å². The molecule has 1 saturated heterocycles. The molecule has 1 heterocycles. The van der Waals surface area contributed by atoms with E-state index in [1.54, 1.807) is 11.8 Å². The Labute approximate surface area is 81.9 Å². The fourth-order valence-electron chi connectivity index (χ4n) is 1.35. The molecule has 13 heavy (non-hydrogen) atoms. The summed E-state index contributed by atoms with van der Waals surface area (Å²) in [5, 5.41) is 9.60. The molecule has 1 fully saturated rings. The Morgan fingerprint density at radius 2 is 2.08 bits per heavy atom. The van der Waals surface area contributed by atoms with E-state index in [-0.39, 0.29) is 5.25 Å². The standard InChI is InChI=1S/C10H12O2S/c11-10-9(6-7-12-10)13-8-4-2-1-3-5-8/h1-5,9-11H,6-7H2/t9-,10-/m1/s1. The molecule has 1 N–H and O–H groups in total. The van der Waals surface area contributed by atoms with Crippen molar-refractivity contribution in [3.63, 3.8) is 0 Å². The van der Waals surface area contributed by atoms with Gasteiger partial charge in [0.15, 0.2) is 6.29 Å². The van der Waals surface area contributed by atoms with Gasteiger partial charge in [-0.05, 0) is 18.6 Å². The molecule has 2 nitrogen and oxygen atoms in total. The third-order valence-corrected chi connectivity index (χ3v) is 3.36. The van der Waals surface area contributed by atoms with Crippen molar-refractivity contribution in [1.29, 1.82) is 0 Å². The summed E-state index contributed by atoms with van der Waals surface area (Å²) in [6.45, 7) is 0.672. The monoisotopic (exact) mass is 196 g/mol. The summed E-state index contributed by atoms with van der Waals surface area (Å²) >= 11 is 1.68. The minimum atomic E-state index is -0.592. The highest BCUT2D eigenvalue weighted by molar-refractivity contribution is 8.00. The van der Waals surface area contributed by atoms with E-state index in [0.29, 0.717) is 6.61 Å². The van der Waals surface area contributed by atoms with Gasteiger partial charge in [-0.3, -0.25) is 0 Å². The molecule has 1 aromatic carbocycles.